The van der Waals surface area contributed by atoms with E-state index in [9.17, 15) is 4.79 Å². The second-order valence-corrected chi connectivity index (χ2v) is 6.10. The van der Waals surface area contributed by atoms with E-state index in [1.807, 2.05) is 55.5 Å². The summed E-state index contributed by atoms with van der Waals surface area (Å²) in [6.07, 6.45) is 1.01. The second kappa shape index (κ2) is 9.61. The molecule has 0 aromatic heterocycles. The van der Waals surface area contributed by atoms with Crippen LogP contribution in [0.15, 0.2) is 53.6 Å². The van der Waals surface area contributed by atoms with Crippen molar-refractivity contribution in [3.63, 3.8) is 0 Å². The monoisotopic (exact) mass is 354 g/mol. The predicted molar refractivity (Wildman–Crippen MR) is 104 cm³/mol. The Kier molecular flexibility index (Phi) is 7.21. The van der Waals surface area contributed by atoms with Crippen molar-refractivity contribution in [2.24, 2.45) is 5.10 Å². The van der Waals surface area contributed by atoms with Gasteiger partial charge in [-0.15, -0.1) is 0 Å². The van der Waals surface area contributed by atoms with Gasteiger partial charge in [-0.05, 0) is 60.7 Å². The van der Waals surface area contributed by atoms with Gasteiger partial charge in [0.25, 0.3) is 5.91 Å². The van der Waals surface area contributed by atoms with E-state index < -0.39 is 0 Å². The molecule has 0 radical (unpaired) electrons. The average Bonchev–Trinajstić information content (AvgIpc) is 2.70. The Morgan fingerprint density at radius 2 is 1.85 bits per heavy atom. The van der Waals surface area contributed by atoms with Crippen LogP contribution < -0.4 is 14.9 Å². The number of hydrazone groups is 1. The molecule has 0 bridgehead atoms. The molecule has 0 heterocycles. The van der Waals surface area contributed by atoms with E-state index in [-0.39, 0.29) is 12.5 Å². The molecule has 1 unspecified atom stereocenters. The van der Waals surface area contributed by atoms with Gasteiger partial charge in [-0.1, -0.05) is 32.0 Å². The summed E-state index contributed by atoms with van der Waals surface area (Å²) in [7, 11) is 1.62. The maximum Gasteiger partial charge on any atom is 0.277 e. The minimum Gasteiger partial charge on any atom is -0.497 e. The minimum absolute atomic E-state index is 0.0765. The van der Waals surface area contributed by atoms with E-state index >= 15 is 0 Å². The van der Waals surface area contributed by atoms with Gasteiger partial charge < -0.3 is 9.47 Å². The molecule has 2 aromatic rings. The highest BCUT2D eigenvalue weighted by Gasteiger charge is 2.11. The first-order chi connectivity index (χ1) is 12.5. The van der Waals surface area contributed by atoms with Crippen molar-refractivity contribution < 1.29 is 14.3 Å². The second-order valence-electron chi connectivity index (χ2n) is 6.10. The van der Waals surface area contributed by atoms with Crippen molar-refractivity contribution in [2.75, 3.05) is 13.7 Å². The number of para-hydroxylation sites is 1. The Morgan fingerprint density at radius 1 is 1.15 bits per heavy atom. The fourth-order valence-corrected chi connectivity index (χ4v) is 2.46. The molecule has 26 heavy (non-hydrogen) atoms. The van der Waals surface area contributed by atoms with Gasteiger partial charge >= 0.3 is 0 Å². The Morgan fingerprint density at radius 3 is 2.50 bits per heavy atom. The molecule has 0 aliphatic rings. The number of rotatable bonds is 8. The van der Waals surface area contributed by atoms with Crippen molar-refractivity contribution in [1.29, 1.82) is 0 Å². The minimum atomic E-state index is -0.295. The van der Waals surface area contributed by atoms with Crippen LogP contribution in [0.25, 0.3) is 0 Å². The Bertz CT molecular complexity index is 754. The maximum atomic E-state index is 12.0. The first-order valence-corrected chi connectivity index (χ1v) is 8.74. The van der Waals surface area contributed by atoms with E-state index in [2.05, 4.69) is 24.4 Å². The molecule has 0 saturated carbocycles. The number of carbonyl (C=O) groups is 1. The smallest absolute Gasteiger partial charge is 0.277 e. The van der Waals surface area contributed by atoms with Crippen LogP contribution in [0.3, 0.4) is 0 Å². The summed E-state index contributed by atoms with van der Waals surface area (Å²) in [6.45, 7) is 6.03. The molecular formula is C21H26N2O3. The summed E-state index contributed by atoms with van der Waals surface area (Å²) in [4.78, 5) is 12.0. The van der Waals surface area contributed by atoms with Crippen molar-refractivity contribution in [3.8, 4) is 11.5 Å². The molecule has 5 heteroatoms. The quantitative estimate of drug-likeness (QED) is 0.573. The van der Waals surface area contributed by atoms with Crippen molar-refractivity contribution >= 4 is 11.6 Å². The number of hydrogen-bond acceptors (Lipinski definition) is 4. The van der Waals surface area contributed by atoms with Crippen LogP contribution >= 0.6 is 0 Å². The Balaban J connectivity index is 1.92. The lowest BCUT2D eigenvalue weighted by molar-refractivity contribution is -0.123. The zero-order valence-corrected chi connectivity index (χ0v) is 15.8. The summed E-state index contributed by atoms with van der Waals surface area (Å²) in [5, 5.41) is 4.13. The van der Waals surface area contributed by atoms with Crippen molar-refractivity contribution in [1.82, 2.24) is 5.43 Å². The van der Waals surface area contributed by atoms with Gasteiger partial charge in [0.05, 0.1) is 12.8 Å². The van der Waals surface area contributed by atoms with Gasteiger partial charge in [0.1, 0.15) is 11.5 Å². The van der Waals surface area contributed by atoms with Gasteiger partial charge in [-0.2, -0.15) is 5.10 Å². The summed E-state index contributed by atoms with van der Waals surface area (Å²) in [6, 6.07) is 15.3. The van der Waals surface area contributed by atoms with Gasteiger partial charge in [-0.25, -0.2) is 5.43 Å². The zero-order chi connectivity index (χ0) is 18.9. The van der Waals surface area contributed by atoms with Gasteiger partial charge in [0.2, 0.25) is 0 Å². The summed E-state index contributed by atoms with van der Waals surface area (Å²) in [5.74, 6) is 1.60. The van der Waals surface area contributed by atoms with Crippen LogP contribution in [0, 0.1) is 0 Å². The highest BCUT2D eigenvalue weighted by Crippen LogP contribution is 2.28. The summed E-state index contributed by atoms with van der Waals surface area (Å²) in [5.41, 5.74) is 5.27. The fourth-order valence-electron chi connectivity index (χ4n) is 2.46. The Hall–Kier alpha value is -2.82. The number of benzene rings is 2. The van der Waals surface area contributed by atoms with E-state index in [0.29, 0.717) is 11.6 Å². The van der Waals surface area contributed by atoms with Crippen molar-refractivity contribution in [3.05, 3.63) is 59.7 Å². The van der Waals surface area contributed by atoms with Crippen LogP contribution in [-0.4, -0.2) is 25.3 Å². The predicted octanol–water partition coefficient (Wildman–Crippen LogP) is 4.13. The van der Waals surface area contributed by atoms with Crippen LogP contribution in [0.5, 0.6) is 11.5 Å². The number of nitrogens with zero attached hydrogens (tertiary/aromatic N) is 1. The Labute approximate surface area is 155 Å². The highest BCUT2D eigenvalue weighted by atomic mass is 16.5. The van der Waals surface area contributed by atoms with Crippen LogP contribution in [0.4, 0.5) is 0 Å². The van der Waals surface area contributed by atoms with E-state index in [0.717, 1.165) is 29.0 Å². The normalized spacial score (nSPS) is 12.4. The summed E-state index contributed by atoms with van der Waals surface area (Å²) < 4.78 is 10.8. The number of ether oxygens (including phenoxy) is 2. The molecule has 0 fully saturated rings. The highest BCUT2D eigenvalue weighted by molar-refractivity contribution is 5.99. The molecule has 1 N–H and O–H groups in total. The molecule has 5 nitrogen and oxygen atoms in total. The van der Waals surface area contributed by atoms with Gasteiger partial charge in [0.15, 0.2) is 6.61 Å². The van der Waals surface area contributed by atoms with Crippen LogP contribution in [0.2, 0.25) is 0 Å². The molecule has 0 saturated heterocycles. The van der Waals surface area contributed by atoms with Crippen molar-refractivity contribution in [2.45, 2.75) is 33.1 Å². The van der Waals surface area contributed by atoms with E-state index in [1.165, 1.54) is 0 Å². The van der Waals surface area contributed by atoms with E-state index in [4.69, 9.17) is 9.47 Å². The van der Waals surface area contributed by atoms with Crippen LogP contribution in [-0.2, 0) is 4.79 Å². The molecule has 0 aliphatic heterocycles. The number of carbonyl (C=O) groups excluding carboxylic acids is 1. The number of methoxy groups -OCH3 is 1. The molecular weight excluding hydrogens is 328 g/mol. The third-order valence-electron chi connectivity index (χ3n) is 4.28. The maximum absolute atomic E-state index is 12.0. The topological polar surface area (TPSA) is 59.9 Å². The number of hydrogen-bond donors (Lipinski definition) is 1. The lowest BCUT2D eigenvalue weighted by atomic mass is 9.98. The van der Waals surface area contributed by atoms with E-state index in [1.54, 1.807) is 7.11 Å². The standard InChI is InChI=1S/C21H26N2O3/c1-5-15(2)19-8-6-7-9-20(19)26-14-21(24)23-22-16(3)17-10-12-18(25-4)13-11-17/h6-13,15H,5,14H2,1-4H3,(H,23,24)/b22-16+. The van der Waals surface area contributed by atoms with Gasteiger partial charge in [-0.3, -0.25) is 4.79 Å². The number of nitrogens with one attached hydrogen (secondary N) is 1. The molecule has 1 amide bonds. The zero-order valence-electron chi connectivity index (χ0n) is 15.8. The SMILES string of the molecule is CCC(C)c1ccccc1OCC(=O)N/N=C(\C)c1ccc(OC)cc1. The lowest BCUT2D eigenvalue weighted by Crippen LogP contribution is -2.25. The fraction of sp³-hybridized carbons (Fsp3) is 0.333. The third-order valence-corrected chi connectivity index (χ3v) is 4.28. The molecule has 0 aliphatic carbocycles. The molecule has 1 atom stereocenters. The average molecular weight is 354 g/mol. The van der Waals surface area contributed by atoms with Gasteiger partial charge in [0, 0.05) is 0 Å². The lowest BCUT2D eigenvalue weighted by Gasteiger charge is -2.15. The first kappa shape index (κ1) is 19.5. The number of amides is 1. The molecule has 138 valence electrons. The van der Waals surface area contributed by atoms with Crippen LogP contribution in [0.1, 0.15) is 44.2 Å². The summed E-state index contributed by atoms with van der Waals surface area (Å²) >= 11 is 0. The largest absolute Gasteiger partial charge is 0.497 e. The molecule has 2 aromatic carbocycles. The third kappa shape index (κ3) is 5.34. The first-order valence-electron chi connectivity index (χ1n) is 8.74. The molecule has 0 spiro atoms. The molecule has 2 rings (SSSR count).